The number of ether oxygens (including phenoxy) is 1. The standard InChI is InChI=1S/C12H14O5S/c13-12(14)11-7-6-9(17-11)8-18(15,16)10-4-2-1-3-5-10/h1-5,9,11H,6-8H2,(H,13,14). The number of aliphatic carboxylic acids is 1. The zero-order valence-corrected chi connectivity index (χ0v) is 10.5. The molecule has 0 radical (unpaired) electrons. The molecule has 2 atom stereocenters. The summed E-state index contributed by atoms with van der Waals surface area (Å²) in [5.74, 6) is -1.20. The smallest absolute Gasteiger partial charge is 0.332 e. The summed E-state index contributed by atoms with van der Waals surface area (Å²) < 4.78 is 29.3. The van der Waals surface area contributed by atoms with Gasteiger partial charge >= 0.3 is 5.97 Å². The normalized spacial score (nSPS) is 24.0. The maximum absolute atomic E-state index is 12.0. The van der Waals surface area contributed by atoms with E-state index in [4.69, 9.17) is 9.84 Å². The van der Waals surface area contributed by atoms with Crippen molar-refractivity contribution in [2.75, 3.05) is 5.75 Å². The summed E-state index contributed by atoms with van der Waals surface area (Å²) in [5, 5.41) is 8.77. The molecule has 1 N–H and O–H groups in total. The molecule has 98 valence electrons. The molecule has 2 rings (SSSR count). The Morgan fingerprint density at radius 3 is 2.50 bits per heavy atom. The molecule has 0 amide bonds. The van der Waals surface area contributed by atoms with Gasteiger partial charge in [0.05, 0.1) is 16.8 Å². The molecule has 6 heteroatoms. The summed E-state index contributed by atoms with van der Waals surface area (Å²) >= 11 is 0. The third-order valence-corrected chi connectivity index (χ3v) is 4.69. The van der Waals surface area contributed by atoms with Crippen molar-refractivity contribution < 1.29 is 23.1 Å². The molecule has 1 fully saturated rings. The molecule has 2 unspecified atom stereocenters. The highest BCUT2D eigenvalue weighted by Gasteiger charge is 2.33. The van der Waals surface area contributed by atoms with Gasteiger partial charge in [-0.05, 0) is 25.0 Å². The molecule has 0 aromatic heterocycles. The Morgan fingerprint density at radius 2 is 1.94 bits per heavy atom. The van der Waals surface area contributed by atoms with Gasteiger partial charge in [0.25, 0.3) is 0 Å². The van der Waals surface area contributed by atoms with Gasteiger partial charge < -0.3 is 9.84 Å². The average Bonchev–Trinajstić information content (AvgIpc) is 2.78. The van der Waals surface area contributed by atoms with Gasteiger partial charge in [0, 0.05) is 0 Å². The van der Waals surface area contributed by atoms with Gasteiger partial charge in [-0.25, -0.2) is 13.2 Å². The first-order valence-electron chi connectivity index (χ1n) is 5.65. The lowest BCUT2D eigenvalue weighted by Crippen LogP contribution is -2.25. The van der Waals surface area contributed by atoms with Crippen molar-refractivity contribution in [2.24, 2.45) is 0 Å². The molecule has 5 nitrogen and oxygen atoms in total. The van der Waals surface area contributed by atoms with Crippen molar-refractivity contribution in [3.8, 4) is 0 Å². The third kappa shape index (κ3) is 2.88. The Hall–Kier alpha value is -1.40. The number of benzene rings is 1. The molecule has 0 saturated carbocycles. The first kappa shape index (κ1) is 13.0. The van der Waals surface area contributed by atoms with Gasteiger partial charge in [-0.1, -0.05) is 18.2 Å². The predicted octanol–water partition coefficient (Wildman–Crippen LogP) is 1.09. The first-order chi connectivity index (χ1) is 8.49. The van der Waals surface area contributed by atoms with Crippen molar-refractivity contribution >= 4 is 15.8 Å². The molecule has 1 aliphatic rings. The van der Waals surface area contributed by atoms with Crippen LogP contribution in [0.1, 0.15) is 12.8 Å². The predicted molar refractivity (Wildman–Crippen MR) is 64.0 cm³/mol. The fourth-order valence-electron chi connectivity index (χ4n) is 1.98. The number of carboxylic acids is 1. The second-order valence-corrected chi connectivity index (χ2v) is 6.29. The molecule has 0 spiro atoms. The largest absolute Gasteiger partial charge is 0.479 e. The van der Waals surface area contributed by atoms with Gasteiger partial charge in [0.2, 0.25) is 0 Å². The highest BCUT2D eigenvalue weighted by atomic mass is 32.2. The number of carboxylic acid groups (broad SMARTS) is 1. The Balaban J connectivity index is 2.05. The maximum atomic E-state index is 12.0. The van der Waals surface area contributed by atoms with Crippen LogP contribution in [0.25, 0.3) is 0 Å². The Labute approximate surface area is 105 Å². The Kier molecular flexibility index (Phi) is 3.68. The molecular weight excluding hydrogens is 256 g/mol. The van der Waals surface area contributed by atoms with E-state index in [1.807, 2.05) is 0 Å². The highest BCUT2D eigenvalue weighted by molar-refractivity contribution is 7.91. The zero-order valence-electron chi connectivity index (χ0n) is 9.65. The van der Waals surface area contributed by atoms with E-state index in [1.54, 1.807) is 18.2 Å². The molecule has 1 aliphatic heterocycles. The second-order valence-electron chi connectivity index (χ2n) is 4.26. The van der Waals surface area contributed by atoms with Gasteiger partial charge in [-0.15, -0.1) is 0 Å². The van der Waals surface area contributed by atoms with E-state index >= 15 is 0 Å². The molecule has 0 bridgehead atoms. The van der Waals surface area contributed by atoms with Gasteiger partial charge in [-0.2, -0.15) is 0 Å². The van der Waals surface area contributed by atoms with Crippen LogP contribution in [-0.2, 0) is 19.4 Å². The second kappa shape index (κ2) is 5.07. The Morgan fingerprint density at radius 1 is 1.28 bits per heavy atom. The van der Waals surface area contributed by atoms with Crippen molar-refractivity contribution in [3.05, 3.63) is 30.3 Å². The lowest BCUT2D eigenvalue weighted by atomic mass is 10.2. The SMILES string of the molecule is O=C(O)C1CCC(CS(=O)(=O)c2ccccc2)O1. The van der Waals surface area contributed by atoms with Crippen LogP contribution in [-0.4, -0.2) is 37.5 Å². The minimum Gasteiger partial charge on any atom is -0.479 e. The number of sulfone groups is 1. The van der Waals surface area contributed by atoms with Crippen LogP contribution < -0.4 is 0 Å². The van der Waals surface area contributed by atoms with Gasteiger partial charge in [0.1, 0.15) is 0 Å². The van der Waals surface area contributed by atoms with Crippen molar-refractivity contribution in [1.29, 1.82) is 0 Å². The maximum Gasteiger partial charge on any atom is 0.332 e. The highest BCUT2D eigenvalue weighted by Crippen LogP contribution is 2.23. The topological polar surface area (TPSA) is 80.7 Å². The number of rotatable bonds is 4. The first-order valence-corrected chi connectivity index (χ1v) is 7.30. The molecule has 1 saturated heterocycles. The van der Waals surface area contributed by atoms with E-state index < -0.39 is 28.0 Å². The summed E-state index contributed by atoms with van der Waals surface area (Å²) in [4.78, 5) is 11.0. The van der Waals surface area contributed by atoms with Crippen molar-refractivity contribution in [2.45, 2.75) is 29.9 Å². The molecule has 18 heavy (non-hydrogen) atoms. The summed E-state index contributed by atoms with van der Waals surface area (Å²) in [6.45, 7) is 0. The van der Waals surface area contributed by atoms with E-state index in [1.165, 1.54) is 12.1 Å². The van der Waals surface area contributed by atoms with Crippen LogP contribution in [0.3, 0.4) is 0 Å². The number of hydrogen-bond acceptors (Lipinski definition) is 4. The molecule has 1 aromatic carbocycles. The van der Waals surface area contributed by atoms with E-state index in [0.29, 0.717) is 12.8 Å². The van der Waals surface area contributed by atoms with Gasteiger partial charge in [-0.3, -0.25) is 0 Å². The fourth-order valence-corrected chi connectivity index (χ4v) is 3.48. The van der Waals surface area contributed by atoms with E-state index in [0.717, 1.165) is 0 Å². The summed E-state index contributed by atoms with van der Waals surface area (Å²) in [6, 6.07) is 8.11. The van der Waals surface area contributed by atoms with Crippen LogP contribution in [0, 0.1) is 0 Å². The van der Waals surface area contributed by atoms with Crippen molar-refractivity contribution in [3.63, 3.8) is 0 Å². The fraction of sp³-hybridized carbons (Fsp3) is 0.417. The molecule has 1 heterocycles. The summed E-state index contributed by atoms with van der Waals surface area (Å²) in [6.07, 6.45) is -0.579. The quantitative estimate of drug-likeness (QED) is 0.885. The minimum atomic E-state index is -3.41. The zero-order chi connectivity index (χ0) is 13.2. The third-order valence-electron chi connectivity index (χ3n) is 2.89. The van der Waals surface area contributed by atoms with E-state index in [2.05, 4.69) is 0 Å². The number of carbonyl (C=O) groups is 1. The van der Waals surface area contributed by atoms with E-state index in [9.17, 15) is 13.2 Å². The summed E-state index contributed by atoms with van der Waals surface area (Å²) in [7, 11) is -3.41. The molecule has 0 aliphatic carbocycles. The van der Waals surface area contributed by atoms with Crippen LogP contribution in [0.5, 0.6) is 0 Å². The molecule has 1 aromatic rings. The minimum absolute atomic E-state index is 0.166. The average molecular weight is 270 g/mol. The van der Waals surface area contributed by atoms with Crippen LogP contribution in [0.2, 0.25) is 0 Å². The number of hydrogen-bond donors (Lipinski definition) is 1. The lowest BCUT2D eigenvalue weighted by Gasteiger charge is -2.11. The Bertz CT molecular complexity index is 523. The van der Waals surface area contributed by atoms with Crippen LogP contribution in [0.15, 0.2) is 35.2 Å². The van der Waals surface area contributed by atoms with E-state index in [-0.39, 0.29) is 10.6 Å². The van der Waals surface area contributed by atoms with Gasteiger partial charge in [0.15, 0.2) is 15.9 Å². The monoisotopic (exact) mass is 270 g/mol. The van der Waals surface area contributed by atoms with Crippen LogP contribution in [0.4, 0.5) is 0 Å². The lowest BCUT2D eigenvalue weighted by molar-refractivity contribution is -0.148. The van der Waals surface area contributed by atoms with Crippen LogP contribution >= 0.6 is 0 Å². The summed E-state index contributed by atoms with van der Waals surface area (Å²) in [5.41, 5.74) is 0. The molecular formula is C12H14O5S. The van der Waals surface area contributed by atoms with Crippen molar-refractivity contribution in [1.82, 2.24) is 0 Å².